The van der Waals surface area contributed by atoms with Crippen LogP contribution in [0.15, 0.2) is 18.2 Å². The Kier molecular flexibility index (Phi) is 4.55. The van der Waals surface area contributed by atoms with Crippen LogP contribution in [-0.2, 0) is 16.1 Å². The minimum Gasteiger partial charge on any atom is -0.343 e. The van der Waals surface area contributed by atoms with E-state index in [0.29, 0.717) is 6.42 Å². The quantitative estimate of drug-likeness (QED) is 0.921. The maximum atomic E-state index is 13.7. The van der Waals surface area contributed by atoms with Crippen LogP contribution in [0.5, 0.6) is 0 Å². The van der Waals surface area contributed by atoms with Crippen LogP contribution in [0.25, 0.3) is 0 Å². The van der Waals surface area contributed by atoms with Crippen molar-refractivity contribution >= 4 is 11.8 Å². The third-order valence-electron chi connectivity index (χ3n) is 3.40. The number of carbonyl (C=O) groups excluding carboxylic acids is 2. The Bertz CT molecular complexity index is 540. The maximum absolute atomic E-state index is 13.7. The van der Waals surface area contributed by atoms with E-state index in [1.807, 2.05) is 13.8 Å². The van der Waals surface area contributed by atoms with Crippen molar-refractivity contribution < 1.29 is 18.4 Å². The zero-order valence-electron chi connectivity index (χ0n) is 12.0. The van der Waals surface area contributed by atoms with Crippen LogP contribution in [0, 0.1) is 17.6 Å². The first-order valence-electron chi connectivity index (χ1n) is 6.89. The van der Waals surface area contributed by atoms with E-state index in [1.54, 1.807) is 0 Å². The van der Waals surface area contributed by atoms with Crippen LogP contribution in [0.3, 0.4) is 0 Å². The van der Waals surface area contributed by atoms with Gasteiger partial charge in [-0.15, -0.1) is 0 Å². The van der Waals surface area contributed by atoms with Gasteiger partial charge in [0.25, 0.3) is 0 Å². The van der Waals surface area contributed by atoms with Crippen molar-refractivity contribution in [3.63, 3.8) is 0 Å². The van der Waals surface area contributed by atoms with Crippen molar-refractivity contribution in [2.24, 2.45) is 5.92 Å². The summed E-state index contributed by atoms with van der Waals surface area (Å²) < 4.78 is 27.3. The van der Waals surface area contributed by atoms with Crippen LogP contribution in [0.1, 0.15) is 25.8 Å². The number of carbonyl (C=O) groups is 2. The van der Waals surface area contributed by atoms with Gasteiger partial charge in [0.15, 0.2) is 0 Å². The van der Waals surface area contributed by atoms with Gasteiger partial charge in [0, 0.05) is 5.56 Å². The first-order chi connectivity index (χ1) is 9.88. The summed E-state index contributed by atoms with van der Waals surface area (Å²) in [6.07, 6.45) is 0.501. The van der Waals surface area contributed by atoms with Crippen molar-refractivity contribution in [2.45, 2.75) is 32.9 Å². The summed E-state index contributed by atoms with van der Waals surface area (Å²) in [6.45, 7) is 3.46. The second-order valence-electron chi connectivity index (χ2n) is 5.64. The highest BCUT2D eigenvalue weighted by molar-refractivity contribution is 5.94. The molecule has 0 bridgehead atoms. The minimum atomic E-state index is -0.714. The van der Waals surface area contributed by atoms with Crippen LogP contribution in [0.2, 0.25) is 0 Å². The molecule has 114 valence electrons. The van der Waals surface area contributed by atoms with Crippen LogP contribution in [-0.4, -0.2) is 29.3 Å². The number of benzene rings is 1. The van der Waals surface area contributed by atoms with Gasteiger partial charge in [0.2, 0.25) is 11.8 Å². The van der Waals surface area contributed by atoms with E-state index in [1.165, 1.54) is 11.0 Å². The zero-order chi connectivity index (χ0) is 15.6. The maximum Gasteiger partial charge on any atom is 0.245 e. The fraction of sp³-hybridized carbons (Fsp3) is 0.467. The molecule has 1 unspecified atom stereocenters. The predicted molar refractivity (Wildman–Crippen MR) is 73.2 cm³/mol. The molecule has 2 amide bonds. The lowest BCUT2D eigenvalue weighted by molar-refractivity contribution is -0.145. The first-order valence-corrected chi connectivity index (χ1v) is 6.89. The molecule has 0 saturated carbocycles. The lowest BCUT2D eigenvalue weighted by Crippen LogP contribution is -2.58. The van der Waals surface area contributed by atoms with E-state index in [2.05, 4.69) is 5.32 Å². The topological polar surface area (TPSA) is 49.4 Å². The fourth-order valence-corrected chi connectivity index (χ4v) is 2.41. The standard InChI is InChI=1S/C15H18F2N2O2/c1-9(2)6-13-15(21)19(8-14(20)18-13)7-10-11(16)4-3-5-12(10)17/h3-5,9,13H,6-8H2,1-2H3,(H,18,20). The third-order valence-corrected chi connectivity index (χ3v) is 3.40. The van der Waals surface area contributed by atoms with Crippen molar-refractivity contribution in [3.8, 4) is 0 Å². The molecule has 4 nitrogen and oxygen atoms in total. The van der Waals surface area contributed by atoms with Crippen LogP contribution in [0.4, 0.5) is 8.78 Å². The number of rotatable bonds is 4. The average Bonchev–Trinajstić information content (AvgIpc) is 2.38. The Hall–Kier alpha value is -1.98. The third kappa shape index (κ3) is 3.56. The largest absolute Gasteiger partial charge is 0.343 e. The van der Waals surface area contributed by atoms with E-state index in [9.17, 15) is 18.4 Å². The van der Waals surface area contributed by atoms with Crippen molar-refractivity contribution in [1.82, 2.24) is 10.2 Å². The molecule has 0 radical (unpaired) electrons. The van der Waals surface area contributed by atoms with Crippen LogP contribution >= 0.6 is 0 Å². The minimum absolute atomic E-state index is 0.179. The number of hydrogen-bond acceptors (Lipinski definition) is 2. The molecule has 1 N–H and O–H groups in total. The molecule has 1 atom stereocenters. The van der Waals surface area contributed by atoms with Gasteiger partial charge in [-0.2, -0.15) is 0 Å². The summed E-state index contributed by atoms with van der Waals surface area (Å²) in [7, 11) is 0. The summed E-state index contributed by atoms with van der Waals surface area (Å²) in [5.74, 6) is -1.81. The molecule has 1 aliphatic rings. The van der Waals surface area contributed by atoms with Gasteiger partial charge in [-0.25, -0.2) is 8.78 Å². The molecule has 1 fully saturated rings. The fourth-order valence-electron chi connectivity index (χ4n) is 2.41. The lowest BCUT2D eigenvalue weighted by Gasteiger charge is -2.33. The monoisotopic (exact) mass is 296 g/mol. The Balaban J connectivity index is 2.18. The van der Waals surface area contributed by atoms with Gasteiger partial charge in [-0.05, 0) is 24.5 Å². The molecule has 1 heterocycles. The molecule has 1 aromatic carbocycles. The van der Waals surface area contributed by atoms with Crippen molar-refractivity contribution in [3.05, 3.63) is 35.4 Å². The molecule has 0 aromatic heterocycles. The van der Waals surface area contributed by atoms with Crippen LogP contribution < -0.4 is 5.32 Å². The Morgan fingerprint density at radius 2 is 1.90 bits per heavy atom. The number of piperazine rings is 1. The SMILES string of the molecule is CC(C)CC1NC(=O)CN(Cc2c(F)cccc2F)C1=O. The number of hydrogen-bond donors (Lipinski definition) is 1. The second kappa shape index (κ2) is 6.20. The predicted octanol–water partition coefficient (Wildman–Crippen LogP) is 1.84. The van der Waals surface area contributed by atoms with E-state index in [0.717, 1.165) is 12.1 Å². The number of nitrogens with zero attached hydrogens (tertiary/aromatic N) is 1. The highest BCUT2D eigenvalue weighted by Crippen LogP contribution is 2.18. The van der Waals surface area contributed by atoms with Gasteiger partial charge in [-0.1, -0.05) is 19.9 Å². The Morgan fingerprint density at radius 1 is 1.29 bits per heavy atom. The lowest BCUT2D eigenvalue weighted by atomic mass is 10.0. The zero-order valence-corrected chi connectivity index (χ0v) is 12.0. The molecular formula is C15H18F2N2O2. The first kappa shape index (κ1) is 15.4. The molecule has 0 aliphatic carbocycles. The molecule has 1 aliphatic heterocycles. The summed E-state index contributed by atoms with van der Waals surface area (Å²) in [6, 6.07) is 2.92. The van der Waals surface area contributed by atoms with E-state index in [-0.39, 0.29) is 36.4 Å². The summed E-state index contributed by atoms with van der Waals surface area (Å²) in [4.78, 5) is 25.2. The molecule has 1 aromatic rings. The second-order valence-corrected chi connectivity index (χ2v) is 5.64. The van der Waals surface area contributed by atoms with E-state index >= 15 is 0 Å². The van der Waals surface area contributed by atoms with Gasteiger partial charge in [-0.3, -0.25) is 9.59 Å². The molecule has 0 spiro atoms. The highest BCUT2D eigenvalue weighted by Gasteiger charge is 2.33. The van der Waals surface area contributed by atoms with Gasteiger partial charge >= 0.3 is 0 Å². The molecule has 2 rings (SSSR count). The average molecular weight is 296 g/mol. The van der Waals surface area contributed by atoms with E-state index < -0.39 is 17.7 Å². The normalized spacial score (nSPS) is 19.1. The molecule has 21 heavy (non-hydrogen) atoms. The van der Waals surface area contributed by atoms with Gasteiger partial charge in [0.05, 0.1) is 13.1 Å². The van der Waals surface area contributed by atoms with Crippen molar-refractivity contribution in [2.75, 3.05) is 6.54 Å². The smallest absolute Gasteiger partial charge is 0.245 e. The number of nitrogens with one attached hydrogen (secondary N) is 1. The summed E-state index contributed by atoms with van der Waals surface area (Å²) >= 11 is 0. The molecule has 1 saturated heterocycles. The molecule has 6 heteroatoms. The van der Waals surface area contributed by atoms with Crippen molar-refractivity contribution in [1.29, 1.82) is 0 Å². The van der Waals surface area contributed by atoms with E-state index in [4.69, 9.17) is 0 Å². The van der Waals surface area contributed by atoms with Gasteiger partial charge in [0.1, 0.15) is 17.7 Å². The number of amides is 2. The van der Waals surface area contributed by atoms with Gasteiger partial charge < -0.3 is 10.2 Å². The molecular weight excluding hydrogens is 278 g/mol. The summed E-state index contributed by atoms with van der Waals surface area (Å²) in [5, 5.41) is 2.62. The number of halogens is 2. The summed E-state index contributed by atoms with van der Waals surface area (Å²) in [5.41, 5.74) is -0.191. The Labute approximate surface area is 122 Å². The highest BCUT2D eigenvalue weighted by atomic mass is 19.1. The Morgan fingerprint density at radius 3 is 2.48 bits per heavy atom.